The lowest BCUT2D eigenvalue weighted by molar-refractivity contribution is 0.712. The van der Waals surface area contributed by atoms with E-state index in [2.05, 4.69) is 26.0 Å². The van der Waals surface area contributed by atoms with Gasteiger partial charge in [-0.1, -0.05) is 11.6 Å². The Kier molecular flexibility index (Phi) is 3.45. The number of aryl methyl sites for hydroxylation is 2. The molecule has 6 nitrogen and oxygen atoms in total. The average Bonchev–Trinajstić information content (AvgIpc) is 2.52. The Labute approximate surface area is 115 Å². The second-order valence-electron chi connectivity index (χ2n) is 3.84. The zero-order chi connectivity index (χ0) is 13.4. The molecule has 0 radical (unpaired) electrons. The number of hydrogen-bond donors (Lipinski definition) is 1. The van der Waals surface area contributed by atoms with E-state index in [0.717, 1.165) is 11.3 Å². The normalized spacial score (nSPS) is 10.9. The molecule has 0 amide bonds. The summed E-state index contributed by atoms with van der Waals surface area (Å²) in [6.07, 6.45) is 1.43. The van der Waals surface area contributed by atoms with Gasteiger partial charge in [-0.3, -0.25) is 19.0 Å². The molecule has 0 saturated heterocycles. The van der Waals surface area contributed by atoms with Crippen LogP contribution in [0.15, 0.2) is 20.3 Å². The second kappa shape index (κ2) is 4.74. The van der Waals surface area contributed by atoms with Crippen molar-refractivity contribution in [3.05, 3.63) is 47.9 Å². The average molecular weight is 334 g/mol. The molecule has 0 saturated carbocycles. The smallest absolute Gasteiger partial charge is 0.295 e. The van der Waals surface area contributed by atoms with Crippen LogP contribution in [0, 0.1) is 6.92 Å². The highest BCUT2D eigenvalue weighted by Gasteiger charge is 2.13. The van der Waals surface area contributed by atoms with E-state index in [0.29, 0.717) is 9.63 Å². The maximum absolute atomic E-state index is 11.6. The summed E-state index contributed by atoms with van der Waals surface area (Å²) in [7, 11) is 1.73. The van der Waals surface area contributed by atoms with Gasteiger partial charge in [0.2, 0.25) is 0 Å². The van der Waals surface area contributed by atoms with Crippen LogP contribution in [0.3, 0.4) is 0 Å². The van der Waals surface area contributed by atoms with Crippen molar-refractivity contribution in [3.8, 4) is 0 Å². The number of aromatic amines is 1. The van der Waals surface area contributed by atoms with Gasteiger partial charge < -0.3 is 0 Å². The molecular weight excluding hydrogens is 323 g/mol. The molecule has 0 unspecified atom stereocenters. The van der Waals surface area contributed by atoms with Gasteiger partial charge in [0.05, 0.1) is 16.7 Å². The summed E-state index contributed by atoms with van der Waals surface area (Å²) in [5, 5.41) is 4.64. The molecule has 0 aliphatic heterocycles. The van der Waals surface area contributed by atoms with Crippen molar-refractivity contribution < 1.29 is 0 Å². The molecule has 2 aromatic heterocycles. The van der Waals surface area contributed by atoms with Gasteiger partial charge in [-0.2, -0.15) is 5.10 Å². The standard InChI is InChI=1S/C10H10BrClN4O2/c1-5-6(8(12)15(2)14-5)3-16-4-7(11)9(17)13-10(16)18/h4H,3H2,1-2H3,(H,13,17,18). The molecule has 0 aromatic carbocycles. The molecular formula is C10H10BrClN4O2. The maximum atomic E-state index is 11.6. The van der Waals surface area contributed by atoms with Crippen LogP contribution < -0.4 is 11.2 Å². The largest absolute Gasteiger partial charge is 0.328 e. The summed E-state index contributed by atoms with van der Waals surface area (Å²) in [5.74, 6) is 0. The molecule has 8 heteroatoms. The van der Waals surface area contributed by atoms with E-state index < -0.39 is 11.2 Å². The van der Waals surface area contributed by atoms with Crippen molar-refractivity contribution >= 4 is 27.5 Å². The molecule has 2 aromatic rings. The molecule has 0 atom stereocenters. The number of aromatic nitrogens is 4. The number of H-pyrrole nitrogens is 1. The van der Waals surface area contributed by atoms with Crippen LogP contribution in [0.4, 0.5) is 0 Å². The molecule has 2 rings (SSSR count). The first-order chi connectivity index (χ1) is 8.40. The highest BCUT2D eigenvalue weighted by molar-refractivity contribution is 9.10. The van der Waals surface area contributed by atoms with Crippen LogP contribution >= 0.6 is 27.5 Å². The van der Waals surface area contributed by atoms with E-state index in [1.54, 1.807) is 7.05 Å². The minimum atomic E-state index is -0.484. The van der Waals surface area contributed by atoms with Crippen LogP contribution in [-0.4, -0.2) is 19.3 Å². The first-order valence-electron chi connectivity index (χ1n) is 5.07. The van der Waals surface area contributed by atoms with Crippen LogP contribution in [0.5, 0.6) is 0 Å². The van der Waals surface area contributed by atoms with Gasteiger partial charge >= 0.3 is 5.69 Å². The lowest BCUT2D eigenvalue weighted by Gasteiger charge is -2.05. The van der Waals surface area contributed by atoms with E-state index in [1.165, 1.54) is 15.4 Å². The van der Waals surface area contributed by atoms with Gasteiger partial charge in [0.25, 0.3) is 5.56 Å². The van der Waals surface area contributed by atoms with Gasteiger partial charge in [0, 0.05) is 18.8 Å². The summed E-state index contributed by atoms with van der Waals surface area (Å²) in [6.45, 7) is 2.07. The fraction of sp³-hybridized carbons (Fsp3) is 0.300. The number of halogens is 2. The van der Waals surface area contributed by atoms with Crippen molar-refractivity contribution in [3.63, 3.8) is 0 Å². The quantitative estimate of drug-likeness (QED) is 0.892. The highest BCUT2D eigenvalue weighted by atomic mass is 79.9. The Morgan fingerprint density at radius 2 is 2.17 bits per heavy atom. The Bertz CT molecular complexity index is 716. The Morgan fingerprint density at radius 3 is 2.72 bits per heavy atom. The molecule has 0 aliphatic rings. The van der Waals surface area contributed by atoms with Crippen molar-refractivity contribution in [2.24, 2.45) is 7.05 Å². The first kappa shape index (κ1) is 13.1. The monoisotopic (exact) mass is 332 g/mol. The molecule has 0 spiro atoms. The highest BCUT2D eigenvalue weighted by Crippen LogP contribution is 2.19. The Morgan fingerprint density at radius 1 is 1.50 bits per heavy atom. The maximum Gasteiger partial charge on any atom is 0.328 e. The van der Waals surface area contributed by atoms with E-state index >= 15 is 0 Å². The second-order valence-corrected chi connectivity index (χ2v) is 5.05. The van der Waals surface area contributed by atoms with Crippen molar-refractivity contribution in [1.29, 1.82) is 0 Å². The summed E-state index contributed by atoms with van der Waals surface area (Å²) < 4.78 is 3.19. The van der Waals surface area contributed by atoms with Crippen LogP contribution in [0.1, 0.15) is 11.3 Å². The number of nitrogens with one attached hydrogen (secondary N) is 1. The van der Waals surface area contributed by atoms with Gasteiger partial charge in [-0.25, -0.2) is 4.79 Å². The van der Waals surface area contributed by atoms with E-state index in [-0.39, 0.29) is 6.54 Å². The lowest BCUT2D eigenvalue weighted by Crippen LogP contribution is -2.30. The number of rotatable bonds is 2. The fourth-order valence-electron chi connectivity index (χ4n) is 1.62. The summed E-state index contributed by atoms with van der Waals surface area (Å²) in [4.78, 5) is 25.1. The van der Waals surface area contributed by atoms with Crippen molar-refractivity contribution in [2.45, 2.75) is 13.5 Å². The lowest BCUT2D eigenvalue weighted by atomic mass is 10.2. The fourth-order valence-corrected chi connectivity index (χ4v) is 2.20. The van der Waals surface area contributed by atoms with Crippen molar-refractivity contribution in [2.75, 3.05) is 0 Å². The zero-order valence-electron chi connectivity index (χ0n) is 9.70. The van der Waals surface area contributed by atoms with E-state index in [1.807, 2.05) is 6.92 Å². The Balaban J connectivity index is 2.50. The minimum Gasteiger partial charge on any atom is -0.295 e. The number of hydrogen-bond acceptors (Lipinski definition) is 3. The molecule has 18 heavy (non-hydrogen) atoms. The van der Waals surface area contributed by atoms with E-state index in [9.17, 15) is 9.59 Å². The topological polar surface area (TPSA) is 72.7 Å². The zero-order valence-corrected chi connectivity index (χ0v) is 12.0. The predicted octanol–water partition coefficient (Wildman–Crippen LogP) is 1.04. The summed E-state index contributed by atoms with van der Waals surface area (Å²) in [5.41, 5.74) is 0.560. The minimum absolute atomic E-state index is 0.257. The molecule has 96 valence electrons. The van der Waals surface area contributed by atoms with Gasteiger partial charge in [-0.15, -0.1) is 0 Å². The van der Waals surface area contributed by atoms with Gasteiger partial charge in [0.1, 0.15) is 5.15 Å². The van der Waals surface area contributed by atoms with Crippen LogP contribution in [0.2, 0.25) is 5.15 Å². The van der Waals surface area contributed by atoms with Crippen molar-refractivity contribution in [1.82, 2.24) is 19.3 Å². The molecule has 0 aliphatic carbocycles. The summed E-state index contributed by atoms with van der Waals surface area (Å²) >= 11 is 9.17. The third kappa shape index (κ3) is 2.28. The predicted molar refractivity (Wildman–Crippen MR) is 71.1 cm³/mol. The molecule has 1 N–H and O–H groups in total. The van der Waals surface area contributed by atoms with Gasteiger partial charge in [-0.05, 0) is 22.9 Å². The Hall–Kier alpha value is -1.34. The third-order valence-electron chi connectivity index (χ3n) is 2.57. The molecule has 2 heterocycles. The first-order valence-corrected chi connectivity index (χ1v) is 6.24. The SMILES string of the molecule is Cc1nn(C)c(Cl)c1Cn1cc(Br)c(=O)[nH]c1=O. The summed E-state index contributed by atoms with van der Waals surface area (Å²) in [6, 6.07) is 0. The molecule has 0 fully saturated rings. The molecule has 0 bridgehead atoms. The third-order valence-corrected chi connectivity index (χ3v) is 3.60. The number of nitrogens with zero attached hydrogens (tertiary/aromatic N) is 3. The van der Waals surface area contributed by atoms with Crippen LogP contribution in [-0.2, 0) is 13.6 Å². The van der Waals surface area contributed by atoms with Crippen LogP contribution in [0.25, 0.3) is 0 Å². The van der Waals surface area contributed by atoms with E-state index in [4.69, 9.17) is 11.6 Å². The van der Waals surface area contributed by atoms with Gasteiger partial charge in [0.15, 0.2) is 0 Å².